The van der Waals surface area contributed by atoms with Gasteiger partial charge in [-0.1, -0.05) is 0 Å². The van der Waals surface area contributed by atoms with E-state index in [2.05, 4.69) is 10.6 Å². The zero-order valence-electron chi connectivity index (χ0n) is 10.9. The van der Waals surface area contributed by atoms with Crippen LogP contribution in [0.2, 0.25) is 0 Å². The van der Waals surface area contributed by atoms with Crippen LogP contribution in [0.4, 0.5) is 16.2 Å². The van der Waals surface area contributed by atoms with Crippen molar-refractivity contribution in [2.24, 2.45) is 0 Å². The highest BCUT2D eigenvalue weighted by atomic mass is 16.6. The number of carbonyl (C=O) groups excluding carboxylic acids is 1. The monoisotopic (exact) mass is 291 g/mol. The summed E-state index contributed by atoms with van der Waals surface area (Å²) in [7, 11) is 0. The van der Waals surface area contributed by atoms with E-state index in [0.717, 1.165) is 0 Å². The summed E-state index contributed by atoms with van der Waals surface area (Å²) in [5, 5.41) is 24.8. The van der Waals surface area contributed by atoms with Crippen LogP contribution in [0.15, 0.2) is 47.1 Å². The molecule has 0 radical (unpaired) electrons. The Hall–Kier alpha value is -2.87. The summed E-state index contributed by atoms with van der Waals surface area (Å²) in [5.41, 5.74) is 0.332. The second-order valence-corrected chi connectivity index (χ2v) is 4.15. The first-order chi connectivity index (χ1) is 10.1. The first-order valence-corrected chi connectivity index (χ1v) is 6.06. The number of anilines is 1. The molecule has 0 unspecified atom stereocenters. The fraction of sp³-hybridized carbons (Fsp3) is 0.154. The van der Waals surface area contributed by atoms with E-state index in [1.165, 1.54) is 30.5 Å². The standard InChI is InChI=1S/C13H13N3O5/c17-8-11(12-2-1-7-21-12)15-13(18)14-9-3-5-10(6-4-9)16(19)20/h1-7,11,17H,8H2,(H2,14,15,18)/t11-/m0/s1. The Morgan fingerprint density at radius 3 is 2.57 bits per heavy atom. The largest absolute Gasteiger partial charge is 0.467 e. The minimum absolute atomic E-state index is 0.0650. The third-order valence-electron chi connectivity index (χ3n) is 2.71. The highest BCUT2D eigenvalue weighted by Gasteiger charge is 2.16. The van der Waals surface area contributed by atoms with Gasteiger partial charge in [-0.15, -0.1) is 0 Å². The molecule has 21 heavy (non-hydrogen) atoms. The number of nitrogens with one attached hydrogen (secondary N) is 2. The number of urea groups is 1. The zero-order valence-corrected chi connectivity index (χ0v) is 10.9. The molecule has 1 aromatic heterocycles. The zero-order chi connectivity index (χ0) is 15.2. The van der Waals surface area contributed by atoms with Crippen molar-refractivity contribution in [3.05, 3.63) is 58.5 Å². The van der Waals surface area contributed by atoms with Crippen LogP contribution >= 0.6 is 0 Å². The topological polar surface area (TPSA) is 118 Å². The first-order valence-electron chi connectivity index (χ1n) is 6.06. The molecule has 0 fully saturated rings. The third kappa shape index (κ3) is 3.80. The number of nitrogens with zero attached hydrogens (tertiary/aromatic N) is 1. The van der Waals surface area contributed by atoms with Crippen LogP contribution in [0.25, 0.3) is 0 Å². The maximum absolute atomic E-state index is 11.8. The van der Waals surface area contributed by atoms with Gasteiger partial charge in [0.05, 0.1) is 17.8 Å². The van der Waals surface area contributed by atoms with Gasteiger partial charge in [-0.2, -0.15) is 0 Å². The molecule has 0 spiro atoms. The molecule has 8 heteroatoms. The molecule has 3 N–H and O–H groups in total. The molecule has 0 bridgehead atoms. The molecule has 2 amide bonds. The molecule has 0 saturated heterocycles. The predicted octanol–water partition coefficient (Wildman–Crippen LogP) is 2.04. The van der Waals surface area contributed by atoms with E-state index in [9.17, 15) is 20.0 Å². The first kappa shape index (κ1) is 14.5. The number of amides is 2. The fourth-order valence-corrected chi connectivity index (χ4v) is 1.69. The normalized spacial score (nSPS) is 11.7. The van der Waals surface area contributed by atoms with Crippen LogP contribution in [-0.4, -0.2) is 22.7 Å². The summed E-state index contributed by atoms with van der Waals surface area (Å²) in [5.74, 6) is 0.427. The molecule has 1 atom stereocenters. The van der Waals surface area contributed by atoms with Gasteiger partial charge in [0.25, 0.3) is 5.69 Å². The van der Waals surface area contributed by atoms with Crippen molar-refractivity contribution in [1.82, 2.24) is 5.32 Å². The summed E-state index contributed by atoms with van der Waals surface area (Å²) in [6.45, 7) is -0.318. The van der Waals surface area contributed by atoms with Gasteiger partial charge in [0.15, 0.2) is 0 Å². The molecule has 110 valence electrons. The molecular weight excluding hydrogens is 278 g/mol. The van der Waals surface area contributed by atoms with E-state index in [4.69, 9.17) is 4.42 Å². The van der Waals surface area contributed by atoms with Crippen LogP contribution < -0.4 is 10.6 Å². The molecule has 8 nitrogen and oxygen atoms in total. The van der Waals surface area contributed by atoms with Gasteiger partial charge in [0.1, 0.15) is 11.8 Å². The lowest BCUT2D eigenvalue weighted by Crippen LogP contribution is -2.34. The number of furan rings is 1. The predicted molar refractivity (Wildman–Crippen MR) is 73.8 cm³/mol. The molecule has 0 aliphatic carbocycles. The molecule has 0 saturated carbocycles. The highest BCUT2D eigenvalue weighted by molar-refractivity contribution is 5.89. The lowest BCUT2D eigenvalue weighted by atomic mass is 10.2. The minimum Gasteiger partial charge on any atom is -0.467 e. The van der Waals surface area contributed by atoms with Gasteiger partial charge in [-0.3, -0.25) is 10.1 Å². The van der Waals surface area contributed by atoms with E-state index in [0.29, 0.717) is 11.4 Å². The number of non-ortho nitro benzene ring substituents is 1. The second-order valence-electron chi connectivity index (χ2n) is 4.15. The van der Waals surface area contributed by atoms with Crippen LogP contribution in [0.1, 0.15) is 11.8 Å². The number of nitro groups is 1. The number of benzene rings is 1. The van der Waals surface area contributed by atoms with Gasteiger partial charge in [-0.25, -0.2) is 4.79 Å². The minimum atomic E-state index is -0.668. The van der Waals surface area contributed by atoms with Crippen LogP contribution in [0.3, 0.4) is 0 Å². The Morgan fingerprint density at radius 2 is 2.05 bits per heavy atom. The maximum Gasteiger partial charge on any atom is 0.319 e. The van der Waals surface area contributed by atoms with Crippen molar-refractivity contribution in [2.45, 2.75) is 6.04 Å². The Balaban J connectivity index is 1.96. The van der Waals surface area contributed by atoms with E-state index in [1.807, 2.05) is 0 Å². The van der Waals surface area contributed by atoms with Crippen molar-refractivity contribution in [3.63, 3.8) is 0 Å². The van der Waals surface area contributed by atoms with Gasteiger partial charge in [-0.05, 0) is 24.3 Å². The Bertz CT molecular complexity index is 609. The molecule has 2 aromatic rings. The lowest BCUT2D eigenvalue weighted by molar-refractivity contribution is -0.384. The summed E-state index contributed by atoms with van der Waals surface area (Å²) < 4.78 is 5.10. The summed E-state index contributed by atoms with van der Waals surface area (Å²) >= 11 is 0. The molecule has 1 heterocycles. The van der Waals surface area contributed by atoms with Crippen LogP contribution in [0.5, 0.6) is 0 Å². The van der Waals surface area contributed by atoms with Crippen molar-refractivity contribution in [1.29, 1.82) is 0 Å². The van der Waals surface area contributed by atoms with Gasteiger partial charge in [0.2, 0.25) is 0 Å². The van der Waals surface area contributed by atoms with Crippen molar-refractivity contribution in [2.75, 3.05) is 11.9 Å². The summed E-state index contributed by atoms with van der Waals surface area (Å²) in [4.78, 5) is 21.8. The Morgan fingerprint density at radius 1 is 1.33 bits per heavy atom. The number of carbonyl (C=O) groups is 1. The van der Waals surface area contributed by atoms with Gasteiger partial charge < -0.3 is 20.2 Å². The van der Waals surface area contributed by atoms with Gasteiger partial charge >= 0.3 is 6.03 Å². The number of hydrogen-bond acceptors (Lipinski definition) is 5. The van der Waals surface area contributed by atoms with Crippen LogP contribution in [-0.2, 0) is 0 Å². The third-order valence-corrected chi connectivity index (χ3v) is 2.71. The molecule has 0 aliphatic heterocycles. The van der Waals surface area contributed by atoms with E-state index < -0.39 is 17.0 Å². The molecule has 1 aromatic carbocycles. The number of aliphatic hydroxyl groups is 1. The van der Waals surface area contributed by atoms with E-state index >= 15 is 0 Å². The molecule has 2 rings (SSSR count). The average Bonchev–Trinajstić information content (AvgIpc) is 2.99. The van der Waals surface area contributed by atoms with Crippen molar-refractivity contribution in [3.8, 4) is 0 Å². The highest BCUT2D eigenvalue weighted by Crippen LogP contribution is 2.16. The van der Waals surface area contributed by atoms with E-state index in [-0.39, 0.29) is 12.3 Å². The molecule has 0 aliphatic rings. The lowest BCUT2D eigenvalue weighted by Gasteiger charge is -2.14. The SMILES string of the molecule is O=C(Nc1ccc([N+](=O)[O-])cc1)N[C@@H](CO)c1ccco1. The maximum atomic E-state index is 11.8. The summed E-state index contributed by atoms with van der Waals surface area (Å²) in [6, 6.07) is 7.45. The second kappa shape index (κ2) is 6.53. The Kier molecular flexibility index (Phi) is 4.52. The summed E-state index contributed by atoms with van der Waals surface area (Å²) in [6.07, 6.45) is 1.44. The van der Waals surface area contributed by atoms with Gasteiger partial charge in [0, 0.05) is 17.8 Å². The number of aliphatic hydroxyl groups excluding tert-OH is 1. The van der Waals surface area contributed by atoms with Crippen LogP contribution in [0, 0.1) is 10.1 Å². The number of nitro benzene ring substituents is 1. The number of hydrogen-bond donors (Lipinski definition) is 3. The number of rotatable bonds is 5. The van der Waals surface area contributed by atoms with Crippen molar-refractivity contribution >= 4 is 17.4 Å². The van der Waals surface area contributed by atoms with Crippen molar-refractivity contribution < 1.29 is 19.2 Å². The Labute approximate surface area is 119 Å². The average molecular weight is 291 g/mol. The fourth-order valence-electron chi connectivity index (χ4n) is 1.69. The van der Waals surface area contributed by atoms with E-state index in [1.54, 1.807) is 12.1 Å². The molecular formula is C13H13N3O5. The quantitative estimate of drug-likeness (QED) is 0.575. The smallest absolute Gasteiger partial charge is 0.319 e.